The van der Waals surface area contributed by atoms with Crippen LogP contribution in [0.15, 0.2) is 12.1 Å². The lowest BCUT2D eigenvalue weighted by molar-refractivity contribution is -0.141. The van der Waals surface area contributed by atoms with Crippen molar-refractivity contribution in [1.82, 2.24) is 4.98 Å². The summed E-state index contributed by atoms with van der Waals surface area (Å²) in [7, 11) is 0. The van der Waals surface area contributed by atoms with Crippen LogP contribution in [-0.2, 0) is 6.18 Å². The number of amides is 1. The third-order valence-electron chi connectivity index (χ3n) is 3.70. The van der Waals surface area contributed by atoms with Gasteiger partial charge < -0.3 is 16.4 Å². The van der Waals surface area contributed by atoms with Crippen LogP contribution < -0.4 is 16.4 Å². The maximum atomic E-state index is 12.8. The summed E-state index contributed by atoms with van der Waals surface area (Å²) in [5, 5.41) is 0. The molecule has 2 unspecified atom stereocenters. The van der Waals surface area contributed by atoms with Crippen LogP contribution in [0.5, 0.6) is 0 Å². The van der Waals surface area contributed by atoms with E-state index in [1.54, 1.807) is 4.90 Å². The first-order chi connectivity index (χ1) is 9.70. The summed E-state index contributed by atoms with van der Waals surface area (Å²) >= 11 is 0. The molecule has 0 radical (unpaired) electrons. The first-order valence-corrected chi connectivity index (χ1v) is 6.58. The number of hydrogen-bond donors (Lipinski definition) is 2. The lowest BCUT2D eigenvalue weighted by atomic mass is 10.0. The third kappa shape index (κ3) is 3.26. The first-order valence-electron chi connectivity index (χ1n) is 6.58. The second-order valence-electron chi connectivity index (χ2n) is 5.28. The summed E-state index contributed by atoms with van der Waals surface area (Å²) in [5.41, 5.74) is 10.00. The van der Waals surface area contributed by atoms with Crippen molar-refractivity contribution in [1.29, 1.82) is 0 Å². The van der Waals surface area contributed by atoms with Gasteiger partial charge >= 0.3 is 6.18 Å². The predicted molar refractivity (Wildman–Crippen MR) is 71.7 cm³/mol. The van der Waals surface area contributed by atoms with E-state index in [1.165, 1.54) is 0 Å². The van der Waals surface area contributed by atoms with Gasteiger partial charge in [0, 0.05) is 19.1 Å². The highest BCUT2D eigenvalue weighted by Crippen LogP contribution is 2.32. The molecule has 2 heterocycles. The maximum absolute atomic E-state index is 12.8. The smallest absolute Gasteiger partial charge is 0.365 e. The Balaban J connectivity index is 2.38. The quantitative estimate of drug-likeness (QED) is 0.883. The number of anilines is 1. The molecule has 0 bridgehead atoms. The molecule has 0 aromatic carbocycles. The Morgan fingerprint density at radius 3 is 2.62 bits per heavy atom. The normalized spacial score (nSPS) is 20.6. The minimum absolute atomic E-state index is 0.00618. The van der Waals surface area contributed by atoms with Crippen LogP contribution in [0.1, 0.15) is 29.4 Å². The Morgan fingerprint density at radius 1 is 1.48 bits per heavy atom. The van der Waals surface area contributed by atoms with Crippen LogP contribution >= 0.6 is 0 Å². The third-order valence-corrected chi connectivity index (χ3v) is 3.70. The summed E-state index contributed by atoms with van der Waals surface area (Å²) in [5.74, 6) is -0.655. The maximum Gasteiger partial charge on any atom is 0.433 e. The second-order valence-corrected chi connectivity index (χ2v) is 5.28. The molecule has 0 aliphatic carbocycles. The van der Waals surface area contributed by atoms with Gasteiger partial charge in [-0.2, -0.15) is 13.2 Å². The van der Waals surface area contributed by atoms with Crippen molar-refractivity contribution in [3.63, 3.8) is 0 Å². The number of nitrogens with two attached hydrogens (primary N) is 2. The molecule has 0 spiro atoms. The van der Waals surface area contributed by atoms with Gasteiger partial charge in [-0.05, 0) is 31.4 Å². The van der Waals surface area contributed by atoms with Gasteiger partial charge in [0.2, 0.25) is 0 Å². The standard InChI is InChI=1S/C13H17F3N4O/c1-7(17)8-4-5-20(6-8)12-9(11(18)21)2-3-10(19-12)13(14,15)16/h2-3,7-8H,4-6,17H2,1H3,(H2,18,21). The van der Waals surface area contributed by atoms with Gasteiger partial charge in [0.1, 0.15) is 11.5 Å². The molecule has 1 aliphatic heterocycles. The Labute approximate surface area is 120 Å². The molecule has 21 heavy (non-hydrogen) atoms. The van der Waals surface area contributed by atoms with Gasteiger partial charge in [0.15, 0.2) is 0 Å². The lowest BCUT2D eigenvalue weighted by Crippen LogP contribution is -2.31. The molecule has 0 saturated carbocycles. The van der Waals surface area contributed by atoms with Gasteiger partial charge in [-0.1, -0.05) is 0 Å². The van der Waals surface area contributed by atoms with E-state index in [2.05, 4.69) is 4.98 Å². The van der Waals surface area contributed by atoms with Crippen molar-refractivity contribution >= 4 is 11.7 Å². The zero-order valence-electron chi connectivity index (χ0n) is 11.5. The van der Waals surface area contributed by atoms with Gasteiger partial charge in [-0.25, -0.2) is 4.98 Å². The van der Waals surface area contributed by atoms with E-state index in [0.29, 0.717) is 13.1 Å². The Kier molecular flexibility index (Phi) is 4.08. The molecule has 1 aromatic heterocycles. The molecule has 2 rings (SSSR count). The number of pyridine rings is 1. The fraction of sp³-hybridized carbons (Fsp3) is 0.538. The Hall–Kier alpha value is -1.83. The van der Waals surface area contributed by atoms with Crippen LogP contribution in [0.25, 0.3) is 0 Å². The van der Waals surface area contributed by atoms with Crippen LogP contribution in [0.3, 0.4) is 0 Å². The van der Waals surface area contributed by atoms with Crippen molar-refractivity contribution < 1.29 is 18.0 Å². The van der Waals surface area contributed by atoms with E-state index in [0.717, 1.165) is 18.6 Å². The molecule has 8 heteroatoms. The summed E-state index contributed by atoms with van der Waals surface area (Å²) in [6, 6.07) is 1.77. The number of halogens is 3. The van der Waals surface area contributed by atoms with Crippen molar-refractivity contribution in [3.8, 4) is 0 Å². The zero-order chi connectivity index (χ0) is 15.8. The summed E-state index contributed by atoms with van der Waals surface area (Å²) in [6.07, 6.45) is -3.82. The van der Waals surface area contributed by atoms with Crippen LogP contribution in [0, 0.1) is 5.92 Å². The highest BCUT2D eigenvalue weighted by molar-refractivity contribution is 5.97. The van der Waals surface area contributed by atoms with Crippen molar-refractivity contribution in [2.75, 3.05) is 18.0 Å². The molecular formula is C13H17F3N4O. The number of rotatable bonds is 3. The van der Waals surface area contributed by atoms with E-state index in [-0.39, 0.29) is 23.3 Å². The molecule has 5 nitrogen and oxygen atoms in total. The molecule has 4 N–H and O–H groups in total. The molecule has 1 aliphatic rings. The largest absolute Gasteiger partial charge is 0.433 e. The SMILES string of the molecule is CC(N)C1CCN(c2nc(C(F)(F)F)ccc2C(N)=O)C1. The van der Waals surface area contributed by atoms with Crippen LogP contribution in [0.2, 0.25) is 0 Å². The highest BCUT2D eigenvalue weighted by Gasteiger charge is 2.35. The highest BCUT2D eigenvalue weighted by atomic mass is 19.4. The first kappa shape index (κ1) is 15.6. The number of aromatic nitrogens is 1. The van der Waals surface area contributed by atoms with E-state index in [4.69, 9.17) is 11.5 Å². The van der Waals surface area contributed by atoms with Gasteiger partial charge in [0.05, 0.1) is 5.56 Å². The van der Waals surface area contributed by atoms with Crippen molar-refractivity contribution in [2.45, 2.75) is 25.6 Å². The Bertz CT molecular complexity index is 545. The molecule has 1 fully saturated rings. The molecule has 1 saturated heterocycles. The number of nitrogens with zero attached hydrogens (tertiary/aromatic N) is 2. The van der Waals surface area contributed by atoms with Crippen molar-refractivity contribution in [2.24, 2.45) is 17.4 Å². The number of carbonyl (C=O) groups excluding carboxylic acids is 1. The fourth-order valence-corrected chi connectivity index (χ4v) is 2.45. The molecule has 2 atom stereocenters. The lowest BCUT2D eigenvalue weighted by Gasteiger charge is -2.22. The average molecular weight is 302 g/mol. The number of carbonyl (C=O) groups is 1. The van der Waals surface area contributed by atoms with Gasteiger partial charge in [-0.15, -0.1) is 0 Å². The number of hydrogen-bond acceptors (Lipinski definition) is 4. The minimum atomic E-state index is -4.56. The molecule has 1 aromatic rings. The fourth-order valence-electron chi connectivity index (χ4n) is 2.45. The van der Waals surface area contributed by atoms with Crippen LogP contribution in [0.4, 0.5) is 19.0 Å². The zero-order valence-corrected chi connectivity index (χ0v) is 11.5. The predicted octanol–water partition coefficient (Wildman–Crippen LogP) is 1.37. The topological polar surface area (TPSA) is 85.2 Å². The summed E-state index contributed by atoms with van der Waals surface area (Å²) in [4.78, 5) is 16.6. The van der Waals surface area contributed by atoms with E-state index in [1.807, 2.05) is 6.92 Å². The summed E-state index contributed by atoms with van der Waals surface area (Å²) < 4.78 is 38.3. The minimum Gasteiger partial charge on any atom is -0.365 e. The van der Waals surface area contributed by atoms with Gasteiger partial charge in [-0.3, -0.25) is 4.79 Å². The van der Waals surface area contributed by atoms with Gasteiger partial charge in [0.25, 0.3) is 5.91 Å². The van der Waals surface area contributed by atoms with Crippen LogP contribution in [-0.4, -0.2) is 30.0 Å². The Morgan fingerprint density at radius 2 is 2.14 bits per heavy atom. The van der Waals surface area contributed by atoms with E-state index < -0.39 is 17.8 Å². The summed E-state index contributed by atoms with van der Waals surface area (Å²) in [6.45, 7) is 2.82. The average Bonchev–Trinajstić information content (AvgIpc) is 2.86. The number of primary amides is 1. The van der Waals surface area contributed by atoms with E-state index >= 15 is 0 Å². The second kappa shape index (κ2) is 5.51. The van der Waals surface area contributed by atoms with E-state index in [9.17, 15) is 18.0 Å². The molecular weight excluding hydrogens is 285 g/mol. The molecule has 116 valence electrons. The molecule has 1 amide bonds. The van der Waals surface area contributed by atoms with Crippen molar-refractivity contribution in [3.05, 3.63) is 23.4 Å². The monoisotopic (exact) mass is 302 g/mol. The number of alkyl halides is 3.